The molecule has 1 heterocycles. The van der Waals surface area contributed by atoms with Crippen molar-refractivity contribution in [2.75, 3.05) is 17.4 Å². The Hall–Kier alpha value is -2.21. The Balaban J connectivity index is 2.36. The highest BCUT2D eigenvalue weighted by Gasteiger charge is 2.19. The molecule has 1 atom stereocenters. The molecule has 0 saturated heterocycles. The largest absolute Gasteiger partial charge is 0.352 e. The van der Waals surface area contributed by atoms with Crippen LogP contribution < -0.4 is 16.2 Å². The lowest BCUT2D eigenvalue weighted by atomic mass is 10.1. The van der Waals surface area contributed by atoms with Crippen LogP contribution in [0.15, 0.2) is 30.6 Å². The molecule has 0 aliphatic carbocycles. The topological polar surface area (TPSA) is 67.1 Å². The van der Waals surface area contributed by atoms with Gasteiger partial charge in [-0.05, 0) is 19.9 Å². The van der Waals surface area contributed by atoms with E-state index in [1.165, 1.54) is 12.4 Å². The number of hydrogen-bond donors (Lipinski definition) is 2. The monoisotopic (exact) mass is 275 g/mol. The summed E-state index contributed by atoms with van der Waals surface area (Å²) in [5, 5.41) is 0. The first kappa shape index (κ1) is 14.2. The molecule has 1 aromatic heterocycles. The highest BCUT2D eigenvalue weighted by molar-refractivity contribution is 5.58. The number of benzene rings is 1. The number of hydrogen-bond acceptors (Lipinski definition) is 5. The predicted molar refractivity (Wildman–Crippen MR) is 77.8 cm³/mol. The standard InChI is InChI=1S/C14H18FN5/c1-9-13(19-16)17-8-18-14(9)20(3)10(2)11-6-4-5-7-12(11)15/h4-8,10H,16H2,1-3H3,(H,17,18,19). The van der Waals surface area contributed by atoms with Crippen molar-refractivity contribution in [3.05, 3.63) is 47.5 Å². The third-order valence-electron chi connectivity index (χ3n) is 3.46. The zero-order valence-electron chi connectivity index (χ0n) is 11.8. The number of halogens is 1. The molecule has 0 aliphatic rings. The second kappa shape index (κ2) is 5.83. The molecule has 0 fully saturated rings. The zero-order chi connectivity index (χ0) is 14.7. The highest BCUT2D eigenvalue weighted by Crippen LogP contribution is 2.29. The fourth-order valence-electron chi connectivity index (χ4n) is 2.15. The minimum absolute atomic E-state index is 0.157. The molecule has 3 N–H and O–H groups in total. The summed E-state index contributed by atoms with van der Waals surface area (Å²) in [6, 6.07) is 6.57. The number of nitrogens with one attached hydrogen (secondary N) is 1. The van der Waals surface area contributed by atoms with Crippen molar-refractivity contribution < 1.29 is 4.39 Å². The summed E-state index contributed by atoms with van der Waals surface area (Å²) in [5.41, 5.74) is 3.97. The lowest BCUT2D eigenvalue weighted by Crippen LogP contribution is -2.25. The number of anilines is 2. The average Bonchev–Trinajstić information content (AvgIpc) is 2.46. The lowest BCUT2D eigenvalue weighted by Gasteiger charge is -2.28. The van der Waals surface area contributed by atoms with Crippen LogP contribution >= 0.6 is 0 Å². The molecular weight excluding hydrogens is 257 g/mol. The smallest absolute Gasteiger partial charge is 0.148 e. The average molecular weight is 275 g/mol. The molecule has 6 heteroatoms. The van der Waals surface area contributed by atoms with Crippen LogP contribution in [0.5, 0.6) is 0 Å². The minimum Gasteiger partial charge on any atom is -0.352 e. The molecule has 106 valence electrons. The molecule has 2 rings (SSSR count). The molecule has 1 unspecified atom stereocenters. The van der Waals surface area contributed by atoms with Gasteiger partial charge in [-0.25, -0.2) is 20.2 Å². The third-order valence-corrected chi connectivity index (χ3v) is 3.46. The zero-order valence-corrected chi connectivity index (χ0v) is 11.8. The van der Waals surface area contributed by atoms with E-state index in [2.05, 4.69) is 15.4 Å². The van der Waals surface area contributed by atoms with E-state index in [-0.39, 0.29) is 11.9 Å². The fourth-order valence-corrected chi connectivity index (χ4v) is 2.15. The second-order valence-electron chi connectivity index (χ2n) is 4.62. The van der Waals surface area contributed by atoms with E-state index in [0.29, 0.717) is 17.2 Å². The molecular formula is C14H18FN5. The first-order valence-electron chi connectivity index (χ1n) is 6.31. The van der Waals surface area contributed by atoms with Gasteiger partial charge in [0.05, 0.1) is 6.04 Å². The lowest BCUT2D eigenvalue weighted by molar-refractivity contribution is 0.583. The Morgan fingerprint density at radius 3 is 2.65 bits per heavy atom. The van der Waals surface area contributed by atoms with Crippen molar-refractivity contribution in [3.63, 3.8) is 0 Å². The molecule has 20 heavy (non-hydrogen) atoms. The second-order valence-corrected chi connectivity index (χ2v) is 4.62. The van der Waals surface area contributed by atoms with Gasteiger partial charge in [0.1, 0.15) is 23.8 Å². The van der Waals surface area contributed by atoms with Crippen molar-refractivity contribution in [3.8, 4) is 0 Å². The van der Waals surface area contributed by atoms with Gasteiger partial charge in [0.25, 0.3) is 0 Å². The van der Waals surface area contributed by atoms with Crippen LogP contribution in [0.1, 0.15) is 24.1 Å². The van der Waals surface area contributed by atoms with E-state index in [1.54, 1.807) is 12.1 Å². The first-order valence-corrected chi connectivity index (χ1v) is 6.31. The number of nitrogens with zero attached hydrogens (tertiary/aromatic N) is 3. The fraction of sp³-hybridized carbons (Fsp3) is 0.286. The van der Waals surface area contributed by atoms with Crippen molar-refractivity contribution in [1.82, 2.24) is 9.97 Å². The molecule has 0 saturated carbocycles. The van der Waals surface area contributed by atoms with E-state index >= 15 is 0 Å². The van der Waals surface area contributed by atoms with Gasteiger partial charge in [-0.15, -0.1) is 0 Å². The van der Waals surface area contributed by atoms with Gasteiger partial charge < -0.3 is 10.3 Å². The number of nitrogens with two attached hydrogens (primary N) is 1. The Kier molecular flexibility index (Phi) is 4.14. The maximum atomic E-state index is 13.9. The van der Waals surface area contributed by atoms with E-state index in [9.17, 15) is 4.39 Å². The summed E-state index contributed by atoms with van der Waals surface area (Å²) < 4.78 is 13.9. The Labute approximate surface area is 117 Å². The summed E-state index contributed by atoms with van der Waals surface area (Å²) in [4.78, 5) is 10.2. The van der Waals surface area contributed by atoms with Gasteiger partial charge in [0.2, 0.25) is 0 Å². The van der Waals surface area contributed by atoms with Crippen LogP contribution in [-0.2, 0) is 0 Å². The van der Waals surface area contributed by atoms with Crippen molar-refractivity contribution in [2.45, 2.75) is 19.9 Å². The summed E-state index contributed by atoms with van der Waals surface area (Å²) >= 11 is 0. The van der Waals surface area contributed by atoms with Gasteiger partial charge in [0, 0.05) is 18.2 Å². The quantitative estimate of drug-likeness (QED) is 0.662. The van der Waals surface area contributed by atoms with E-state index in [1.807, 2.05) is 31.9 Å². The molecule has 0 radical (unpaired) electrons. The third kappa shape index (κ3) is 2.55. The minimum atomic E-state index is -0.226. The van der Waals surface area contributed by atoms with Gasteiger partial charge in [0.15, 0.2) is 0 Å². The molecule has 0 bridgehead atoms. The summed E-state index contributed by atoms with van der Waals surface area (Å²) in [7, 11) is 1.87. The normalized spacial score (nSPS) is 12.1. The van der Waals surface area contributed by atoms with Crippen LogP contribution in [0.25, 0.3) is 0 Å². The van der Waals surface area contributed by atoms with Gasteiger partial charge >= 0.3 is 0 Å². The molecule has 0 spiro atoms. The Bertz CT molecular complexity index is 602. The maximum Gasteiger partial charge on any atom is 0.148 e. The van der Waals surface area contributed by atoms with Crippen LogP contribution in [0, 0.1) is 12.7 Å². The van der Waals surface area contributed by atoms with E-state index in [0.717, 1.165) is 5.56 Å². The SMILES string of the molecule is Cc1c(NN)ncnc1N(C)C(C)c1ccccc1F. The maximum absolute atomic E-state index is 13.9. The van der Waals surface area contributed by atoms with Crippen LogP contribution in [0.2, 0.25) is 0 Å². The van der Waals surface area contributed by atoms with Gasteiger partial charge in [-0.3, -0.25) is 0 Å². The number of hydrazine groups is 1. The Morgan fingerprint density at radius 2 is 2.00 bits per heavy atom. The van der Waals surface area contributed by atoms with Crippen LogP contribution in [0.3, 0.4) is 0 Å². The van der Waals surface area contributed by atoms with Gasteiger partial charge in [-0.1, -0.05) is 18.2 Å². The first-order chi connectivity index (χ1) is 9.56. The Morgan fingerprint density at radius 1 is 1.30 bits per heavy atom. The highest BCUT2D eigenvalue weighted by atomic mass is 19.1. The molecule has 2 aromatic rings. The number of aromatic nitrogens is 2. The molecule has 0 aliphatic heterocycles. The van der Waals surface area contributed by atoms with Crippen molar-refractivity contribution in [1.29, 1.82) is 0 Å². The number of rotatable bonds is 4. The molecule has 0 amide bonds. The molecule has 5 nitrogen and oxygen atoms in total. The summed E-state index contributed by atoms with van der Waals surface area (Å²) in [6.07, 6.45) is 1.43. The predicted octanol–water partition coefficient (Wildman–Crippen LogP) is 2.41. The van der Waals surface area contributed by atoms with Crippen molar-refractivity contribution >= 4 is 11.6 Å². The van der Waals surface area contributed by atoms with E-state index in [4.69, 9.17) is 5.84 Å². The number of nitrogen functional groups attached to an aromatic ring is 1. The van der Waals surface area contributed by atoms with Gasteiger partial charge in [-0.2, -0.15) is 0 Å². The van der Waals surface area contributed by atoms with Crippen LogP contribution in [0.4, 0.5) is 16.0 Å². The van der Waals surface area contributed by atoms with Crippen molar-refractivity contribution in [2.24, 2.45) is 5.84 Å². The molecule has 1 aromatic carbocycles. The summed E-state index contributed by atoms with van der Waals surface area (Å²) in [5.74, 6) is 6.46. The van der Waals surface area contributed by atoms with E-state index < -0.39 is 0 Å². The van der Waals surface area contributed by atoms with Crippen LogP contribution in [-0.4, -0.2) is 17.0 Å². The summed E-state index contributed by atoms with van der Waals surface area (Å²) in [6.45, 7) is 3.80.